The van der Waals surface area contributed by atoms with Gasteiger partial charge < -0.3 is 29.3 Å². The molecule has 5 aromatic rings. The van der Waals surface area contributed by atoms with Gasteiger partial charge in [0.25, 0.3) is 5.91 Å². The number of hydrogen-bond acceptors (Lipinski definition) is 11. The number of carbonyl (C=O) groups is 1. The van der Waals surface area contributed by atoms with Gasteiger partial charge in [-0.2, -0.15) is 4.98 Å². The highest BCUT2D eigenvalue weighted by molar-refractivity contribution is 6.14. The molecule has 7 rings (SSSR count). The molecule has 0 atom stereocenters. The van der Waals surface area contributed by atoms with Crippen molar-refractivity contribution in [1.29, 1.82) is 0 Å². The Morgan fingerprint density at radius 3 is 2.22 bits per heavy atom. The minimum absolute atomic E-state index is 0.0130. The molecule has 1 aliphatic heterocycles. The molecule has 1 saturated carbocycles. The lowest BCUT2D eigenvalue weighted by molar-refractivity contribution is -0.130. The molecule has 1 aliphatic carbocycles. The molecule has 262 valence electrons. The fourth-order valence-electron chi connectivity index (χ4n) is 6.20. The van der Waals surface area contributed by atoms with Gasteiger partial charge in [-0.3, -0.25) is 9.78 Å². The largest absolute Gasteiger partial charge is 0.481 e. The van der Waals surface area contributed by atoms with E-state index in [0.29, 0.717) is 30.8 Å². The molecule has 0 spiro atoms. The zero-order valence-electron chi connectivity index (χ0n) is 28.9. The molecule has 0 unspecified atom stereocenters. The van der Waals surface area contributed by atoms with Gasteiger partial charge in [0.05, 0.1) is 54.1 Å². The summed E-state index contributed by atoms with van der Waals surface area (Å²) in [5.41, 5.74) is 4.46. The maximum Gasteiger partial charge on any atom is 0.259 e. The van der Waals surface area contributed by atoms with Crippen LogP contribution in [0.4, 0.5) is 17.5 Å². The number of fused-ring (bicyclic) bond motifs is 1. The van der Waals surface area contributed by atoms with Crippen molar-refractivity contribution in [3.05, 3.63) is 103 Å². The SMILES string of the molecule is CN(C)C(=O)COc1cnc(N[C@H]2CC[C@@H](Oc3nc(N4CCOCC4)cc4ncc(N=C(c5ccccc5)c5ccccc5)cc34)CC2)nc1. The summed E-state index contributed by atoms with van der Waals surface area (Å²) in [6, 6.07) is 24.7. The van der Waals surface area contributed by atoms with Crippen LogP contribution in [0.1, 0.15) is 36.8 Å². The van der Waals surface area contributed by atoms with Crippen LogP contribution in [0.3, 0.4) is 0 Å². The molecule has 3 aromatic heterocycles. The molecule has 0 radical (unpaired) electrons. The quantitative estimate of drug-likeness (QED) is 0.173. The zero-order chi connectivity index (χ0) is 35.0. The van der Waals surface area contributed by atoms with Crippen LogP contribution in [0.15, 0.2) is 96.4 Å². The Hall–Kier alpha value is -5.62. The summed E-state index contributed by atoms with van der Waals surface area (Å²) < 4.78 is 17.8. The maximum absolute atomic E-state index is 11.8. The minimum atomic E-state index is -0.127. The van der Waals surface area contributed by atoms with E-state index in [4.69, 9.17) is 29.2 Å². The van der Waals surface area contributed by atoms with Gasteiger partial charge in [-0.1, -0.05) is 60.7 Å². The summed E-state index contributed by atoms with van der Waals surface area (Å²) in [5.74, 6) is 2.26. The predicted octanol–water partition coefficient (Wildman–Crippen LogP) is 5.69. The number of pyridine rings is 2. The summed E-state index contributed by atoms with van der Waals surface area (Å²) in [6.45, 7) is 2.78. The van der Waals surface area contributed by atoms with Crippen molar-refractivity contribution in [2.75, 3.05) is 57.2 Å². The second-order valence-electron chi connectivity index (χ2n) is 12.9. The van der Waals surface area contributed by atoms with Crippen LogP contribution >= 0.6 is 0 Å². The maximum atomic E-state index is 11.8. The first-order valence-electron chi connectivity index (χ1n) is 17.4. The smallest absolute Gasteiger partial charge is 0.259 e. The average Bonchev–Trinajstić information content (AvgIpc) is 3.18. The average molecular weight is 687 g/mol. The second kappa shape index (κ2) is 15.9. The number of benzene rings is 2. The molecule has 2 fully saturated rings. The molecule has 12 heteroatoms. The number of aromatic nitrogens is 4. The molecular formula is C39H42N8O4. The minimum Gasteiger partial charge on any atom is -0.481 e. The van der Waals surface area contributed by atoms with E-state index in [1.165, 1.54) is 4.90 Å². The number of carbonyl (C=O) groups excluding carboxylic acids is 1. The highest BCUT2D eigenvalue weighted by atomic mass is 16.5. The van der Waals surface area contributed by atoms with E-state index in [0.717, 1.165) is 78.0 Å². The Morgan fingerprint density at radius 2 is 1.57 bits per heavy atom. The third kappa shape index (κ3) is 8.58. The number of hydrogen-bond donors (Lipinski definition) is 1. The molecule has 1 saturated heterocycles. The molecular weight excluding hydrogens is 644 g/mol. The zero-order valence-corrected chi connectivity index (χ0v) is 28.9. The van der Waals surface area contributed by atoms with Gasteiger partial charge in [0.2, 0.25) is 11.8 Å². The van der Waals surface area contributed by atoms with E-state index in [1.807, 2.05) is 54.7 Å². The van der Waals surface area contributed by atoms with Crippen LogP contribution in [-0.2, 0) is 9.53 Å². The topological polar surface area (TPSA) is 127 Å². The predicted molar refractivity (Wildman–Crippen MR) is 197 cm³/mol. The molecule has 4 heterocycles. The van der Waals surface area contributed by atoms with Crippen LogP contribution < -0.4 is 19.7 Å². The number of ether oxygens (including phenoxy) is 3. The van der Waals surface area contributed by atoms with Gasteiger partial charge in [0.1, 0.15) is 11.9 Å². The van der Waals surface area contributed by atoms with Gasteiger partial charge in [-0.25, -0.2) is 15.0 Å². The molecule has 2 aliphatic rings. The van der Waals surface area contributed by atoms with Crippen LogP contribution in [0.5, 0.6) is 11.6 Å². The molecule has 51 heavy (non-hydrogen) atoms. The van der Waals surface area contributed by atoms with Crippen LogP contribution in [0.25, 0.3) is 10.9 Å². The lowest BCUT2D eigenvalue weighted by Gasteiger charge is -2.31. The number of rotatable bonds is 11. The monoisotopic (exact) mass is 686 g/mol. The number of amides is 1. The lowest BCUT2D eigenvalue weighted by atomic mass is 9.93. The molecule has 0 bridgehead atoms. The first-order chi connectivity index (χ1) is 25.0. The first kappa shape index (κ1) is 33.9. The van der Waals surface area contributed by atoms with E-state index in [2.05, 4.69) is 44.5 Å². The lowest BCUT2D eigenvalue weighted by Crippen LogP contribution is -2.37. The summed E-state index contributed by atoms with van der Waals surface area (Å²) in [6.07, 6.45) is 8.43. The van der Waals surface area contributed by atoms with Crippen LogP contribution in [0.2, 0.25) is 0 Å². The van der Waals surface area contributed by atoms with Crippen LogP contribution in [-0.4, -0.2) is 95.6 Å². The Labute approximate surface area is 297 Å². The third-order valence-electron chi connectivity index (χ3n) is 9.06. The Bertz CT molecular complexity index is 1900. The van der Waals surface area contributed by atoms with E-state index in [1.54, 1.807) is 26.5 Å². The fourth-order valence-corrected chi connectivity index (χ4v) is 6.20. The summed E-state index contributed by atoms with van der Waals surface area (Å²) in [7, 11) is 3.38. The Morgan fingerprint density at radius 1 is 0.902 bits per heavy atom. The Kier molecular flexibility index (Phi) is 10.6. The highest BCUT2D eigenvalue weighted by Gasteiger charge is 2.25. The van der Waals surface area contributed by atoms with Crippen molar-refractivity contribution >= 4 is 40.0 Å². The van der Waals surface area contributed by atoms with Crippen molar-refractivity contribution in [1.82, 2.24) is 24.8 Å². The van der Waals surface area contributed by atoms with Gasteiger partial charge in [0, 0.05) is 50.4 Å². The van der Waals surface area contributed by atoms with Crippen molar-refractivity contribution in [2.24, 2.45) is 4.99 Å². The number of morpholine rings is 1. The second-order valence-corrected chi connectivity index (χ2v) is 12.9. The van der Waals surface area contributed by atoms with Gasteiger partial charge >= 0.3 is 0 Å². The number of likely N-dealkylation sites (N-methyl/N-ethyl adjacent to an activating group) is 1. The first-order valence-corrected chi connectivity index (χ1v) is 17.4. The van der Waals surface area contributed by atoms with Crippen molar-refractivity contribution in [3.63, 3.8) is 0 Å². The number of nitrogens with zero attached hydrogens (tertiary/aromatic N) is 7. The normalized spacial score (nSPS) is 17.4. The van der Waals surface area contributed by atoms with Gasteiger partial charge in [-0.05, 0) is 31.7 Å². The highest BCUT2D eigenvalue weighted by Crippen LogP contribution is 2.34. The molecule has 2 aromatic carbocycles. The summed E-state index contributed by atoms with van der Waals surface area (Å²) >= 11 is 0. The van der Waals surface area contributed by atoms with E-state index in [9.17, 15) is 4.79 Å². The van der Waals surface area contributed by atoms with Crippen molar-refractivity contribution in [3.8, 4) is 11.6 Å². The standard InChI is InChI=1S/C39H42N8O4/c1-46(2)36(48)26-50-32-24-41-39(42-25-32)44-29-13-15-31(16-14-29)51-38-33-21-30(23-40-34(33)22-35(45-38)47-17-19-49-20-18-47)43-37(27-9-5-3-6-10-27)28-11-7-4-8-12-28/h3-12,21-25,29,31H,13-20,26H2,1-2H3,(H,41,42,44)/t29-,31+. The van der Waals surface area contributed by atoms with E-state index in [-0.39, 0.29) is 24.7 Å². The van der Waals surface area contributed by atoms with E-state index >= 15 is 0 Å². The van der Waals surface area contributed by atoms with Crippen molar-refractivity contribution in [2.45, 2.75) is 37.8 Å². The molecule has 1 amide bonds. The van der Waals surface area contributed by atoms with Crippen molar-refractivity contribution < 1.29 is 19.0 Å². The molecule has 1 N–H and O–H groups in total. The van der Waals surface area contributed by atoms with E-state index < -0.39 is 0 Å². The molecule has 12 nitrogen and oxygen atoms in total. The van der Waals surface area contributed by atoms with Crippen LogP contribution in [0, 0.1) is 0 Å². The Balaban J connectivity index is 1.09. The fraction of sp³-hybridized carbons (Fsp3) is 0.333. The van der Waals surface area contributed by atoms with Gasteiger partial charge in [0.15, 0.2) is 12.4 Å². The summed E-state index contributed by atoms with van der Waals surface area (Å²) in [4.78, 5) is 39.4. The van der Waals surface area contributed by atoms with Gasteiger partial charge in [-0.15, -0.1) is 0 Å². The third-order valence-corrected chi connectivity index (χ3v) is 9.06. The number of nitrogens with one attached hydrogen (secondary N) is 1. The summed E-state index contributed by atoms with van der Waals surface area (Å²) in [5, 5.41) is 4.27. The number of aliphatic imine (C=N–C) groups is 1. The number of anilines is 2.